The number of benzene rings is 1. The van der Waals surface area contributed by atoms with Crippen molar-refractivity contribution in [3.8, 4) is 0 Å². The van der Waals surface area contributed by atoms with E-state index in [9.17, 15) is 4.79 Å². The minimum Gasteiger partial charge on any atom is -0.375 e. The fraction of sp³-hybridized carbons (Fsp3) is 0.412. The minimum absolute atomic E-state index is 0.0497. The van der Waals surface area contributed by atoms with Gasteiger partial charge in [-0.05, 0) is 25.0 Å². The first-order valence-electron chi connectivity index (χ1n) is 8.08. The van der Waals surface area contributed by atoms with Crippen molar-refractivity contribution in [1.82, 2.24) is 14.9 Å². The van der Waals surface area contributed by atoms with Crippen LogP contribution in [-0.4, -0.2) is 42.3 Å². The lowest BCUT2D eigenvalue weighted by Gasteiger charge is -2.19. The van der Waals surface area contributed by atoms with E-state index in [-0.39, 0.29) is 6.03 Å². The molecule has 0 spiro atoms. The van der Waals surface area contributed by atoms with Gasteiger partial charge in [0.05, 0.1) is 0 Å². The molecule has 1 N–H and O–H groups in total. The quantitative estimate of drug-likeness (QED) is 0.833. The van der Waals surface area contributed by atoms with E-state index >= 15 is 0 Å². The number of aromatic nitrogens is 2. The van der Waals surface area contributed by atoms with Gasteiger partial charge < -0.3 is 14.8 Å². The molecule has 0 bridgehead atoms. The van der Waals surface area contributed by atoms with Gasteiger partial charge in [-0.15, -0.1) is 0 Å². The number of imidazole rings is 1. The molecule has 0 aliphatic carbocycles. The van der Waals surface area contributed by atoms with E-state index in [1.165, 1.54) is 5.69 Å². The van der Waals surface area contributed by atoms with Crippen LogP contribution in [0.25, 0.3) is 0 Å². The summed E-state index contributed by atoms with van der Waals surface area (Å²) < 4.78 is 1.99. The van der Waals surface area contributed by atoms with Gasteiger partial charge >= 0.3 is 6.03 Å². The van der Waals surface area contributed by atoms with Crippen molar-refractivity contribution in [2.45, 2.75) is 19.4 Å². The molecule has 2 amide bonds. The van der Waals surface area contributed by atoms with E-state index in [2.05, 4.69) is 34.4 Å². The van der Waals surface area contributed by atoms with Gasteiger partial charge in [-0.25, -0.2) is 9.78 Å². The van der Waals surface area contributed by atoms with Crippen molar-refractivity contribution in [1.29, 1.82) is 0 Å². The number of rotatable bonds is 6. The average molecular weight is 313 g/mol. The molecule has 2 aromatic rings. The highest BCUT2D eigenvalue weighted by Gasteiger charge is 2.25. The molecule has 0 saturated carbocycles. The van der Waals surface area contributed by atoms with E-state index in [1.807, 2.05) is 29.0 Å². The number of carbonyl (C=O) groups excluding carboxylic acids is 1. The molecule has 23 heavy (non-hydrogen) atoms. The Morgan fingerprint density at radius 1 is 1.26 bits per heavy atom. The van der Waals surface area contributed by atoms with Gasteiger partial charge in [0.15, 0.2) is 0 Å². The summed E-state index contributed by atoms with van der Waals surface area (Å²) in [4.78, 5) is 20.3. The summed E-state index contributed by atoms with van der Waals surface area (Å²) >= 11 is 0. The molecule has 3 rings (SSSR count). The molecule has 6 nitrogen and oxygen atoms in total. The van der Waals surface area contributed by atoms with Gasteiger partial charge in [0.25, 0.3) is 0 Å². The van der Waals surface area contributed by atoms with Crippen LogP contribution in [0.3, 0.4) is 0 Å². The molecule has 1 aromatic heterocycles. The molecule has 0 atom stereocenters. The summed E-state index contributed by atoms with van der Waals surface area (Å²) in [6.45, 7) is 3.20. The van der Waals surface area contributed by atoms with Crippen LogP contribution in [0.4, 0.5) is 16.4 Å². The van der Waals surface area contributed by atoms with E-state index in [0.717, 1.165) is 31.9 Å². The second kappa shape index (κ2) is 7.17. The molecule has 1 aromatic carbocycles. The standard InChI is InChI=1S/C17H23N5O/c1-20(15-7-3-2-4-8-15)11-6-5-9-19-17(23)22-14-13-21-12-10-18-16(21)22/h2-4,7-8,10,12H,5-6,9,11,13-14H2,1H3,(H,19,23). The van der Waals surface area contributed by atoms with E-state index in [1.54, 1.807) is 11.1 Å². The van der Waals surface area contributed by atoms with Crippen molar-refractivity contribution >= 4 is 17.7 Å². The number of urea groups is 1. The van der Waals surface area contributed by atoms with E-state index in [4.69, 9.17) is 0 Å². The van der Waals surface area contributed by atoms with Crippen molar-refractivity contribution in [2.24, 2.45) is 0 Å². The maximum atomic E-state index is 12.2. The molecule has 122 valence electrons. The first-order valence-corrected chi connectivity index (χ1v) is 8.08. The molecule has 0 unspecified atom stereocenters. The maximum Gasteiger partial charge on any atom is 0.324 e. The highest BCUT2D eigenvalue weighted by Crippen LogP contribution is 2.18. The number of nitrogens with one attached hydrogen (secondary N) is 1. The Hall–Kier alpha value is -2.50. The lowest BCUT2D eigenvalue weighted by Crippen LogP contribution is -2.39. The lowest BCUT2D eigenvalue weighted by molar-refractivity contribution is 0.246. The molecule has 6 heteroatoms. The number of unbranched alkanes of at least 4 members (excludes halogenated alkanes) is 1. The topological polar surface area (TPSA) is 53.4 Å². The number of fused-ring (bicyclic) bond motifs is 1. The molecule has 1 aliphatic rings. The Morgan fingerprint density at radius 3 is 2.91 bits per heavy atom. The zero-order valence-corrected chi connectivity index (χ0v) is 13.5. The van der Waals surface area contributed by atoms with Crippen LogP contribution in [0.15, 0.2) is 42.7 Å². The second-order valence-electron chi connectivity index (χ2n) is 5.77. The van der Waals surface area contributed by atoms with Crippen molar-refractivity contribution < 1.29 is 4.79 Å². The fourth-order valence-corrected chi connectivity index (χ4v) is 2.80. The van der Waals surface area contributed by atoms with Gasteiger partial charge in [0, 0.05) is 51.3 Å². The van der Waals surface area contributed by atoms with Gasteiger partial charge in [-0.2, -0.15) is 0 Å². The van der Waals surface area contributed by atoms with Gasteiger partial charge in [-0.1, -0.05) is 18.2 Å². The van der Waals surface area contributed by atoms with Crippen molar-refractivity contribution in [3.63, 3.8) is 0 Å². The Balaban J connectivity index is 1.35. The van der Waals surface area contributed by atoms with Crippen LogP contribution in [-0.2, 0) is 6.54 Å². The highest BCUT2D eigenvalue weighted by molar-refractivity contribution is 5.90. The molecule has 0 saturated heterocycles. The SMILES string of the molecule is CN(CCCCNC(=O)N1CCn2ccnc21)c1ccccc1. The summed E-state index contributed by atoms with van der Waals surface area (Å²) in [5.74, 6) is 0.742. The van der Waals surface area contributed by atoms with Crippen molar-refractivity contribution in [2.75, 3.05) is 36.5 Å². The van der Waals surface area contributed by atoms with Crippen LogP contribution in [0.2, 0.25) is 0 Å². The number of para-hydroxylation sites is 1. The van der Waals surface area contributed by atoms with Crippen LogP contribution in [0.1, 0.15) is 12.8 Å². The number of nitrogens with zero attached hydrogens (tertiary/aromatic N) is 4. The Morgan fingerprint density at radius 2 is 2.09 bits per heavy atom. The van der Waals surface area contributed by atoms with Crippen LogP contribution in [0, 0.1) is 0 Å². The molecule has 0 radical (unpaired) electrons. The van der Waals surface area contributed by atoms with Crippen LogP contribution < -0.4 is 15.1 Å². The second-order valence-corrected chi connectivity index (χ2v) is 5.77. The summed E-state index contributed by atoms with van der Waals surface area (Å²) in [7, 11) is 2.10. The number of anilines is 2. The molecule has 0 fully saturated rings. The predicted octanol–water partition coefficient (Wildman–Crippen LogP) is 2.33. The zero-order valence-electron chi connectivity index (χ0n) is 13.5. The summed E-state index contributed by atoms with van der Waals surface area (Å²) in [6, 6.07) is 10.3. The fourth-order valence-electron chi connectivity index (χ4n) is 2.80. The Kier molecular flexibility index (Phi) is 4.80. The normalized spacial score (nSPS) is 13.0. The third-order valence-corrected chi connectivity index (χ3v) is 4.14. The molecular weight excluding hydrogens is 290 g/mol. The Bertz CT molecular complexity index is 639. The van der Waals surface area contributed by atoms with Crippen LogP contribution in [0.5, 0.6) is 0 Å². The van der Waals surface area contributed by atoms with Crippen molar-refractivity contribution in [3.05, 3.63) is 42.7 Å². The third-order valence-electron chi connectivity index (χ3n) is 4.14. The average Bonchev–Trinajstić information content (AvgIpc) is 3.18. The smallest absolute Gasteiger partial charge is 0.324 e. The zero-order chi connectivity index (χ0) is 16.1. The largest absolute Gasteiger partial charge is 0.375 e. The number of carbonyl (C=O) groups is 1. The summed E-state index contributed by atoms with van der Waals surface area (Å²) in [5.41, 5.74) is 1.22. The van der Waals surface area contributed by atoms with Gasteiger partial charge in [0.1, 0.15) is 0 Å². The number of hydrogen-bond donors (Lipinski definition) is 1. The highest BCUT2D eigenvalue weighted by atomic mass is 16.2. The number of hydrogen-bond acceptors (Lipinski definition) is 3. The molecule has 2 heterocycles. The van der Waals surface area contributed by atoms with E-state index in [0.29, 0.717) is 13.1 Å². The van der Waals surface area contributed by atoms with E-state index < -0.39 is 0 Å². The summed E-state index contributed by atoms with van der Waals surface area (Å²) in [6.07, 6.45) is 5.64. The minimum atomic E-state index is -0.0497. The molecule has 1 aliphatic heterocycles. The monoisotopic (exact) mass is 313 g/mol. The third kappa shape index (κ3) is 3.64. The number of amides is 2. The lowest BCUT2D eigenvalue weighted by atomic mass is 10.2. The van der Waals surface area contributed by atoms with Gasteiger partial charge in [-0.3, -0.25) is 4.90 Å². The molecular formula is C17H23N5O. The Labute approximate surface area is 136 Å². The first kappa shape index (κ1) is 15.4. The predicted molar refractivity (Wildman–Crippen MR) is 91.9 cm³/mol. The first-order chi connectivity index (χ1) is 11.3. The van der Waals surface area contributed by atoms with Crippen LogP contribution >= 0.6 is 0 Å². The van der Waals surface area contributed by atoms with Gasteiger partial charge in [0.2, 0.25) is 5.95 Å². The summed E-state index contributed by atoms with van der Waals surface area (Å²) in [5, 5.41) is 2.98. The maximum absolute atomic E-state index is 12.2.